The second kappa shape index (κ2) is 6.82. The second-order valence-electron chi connectivity index (χ2n) is 4.16. The molecular weight excluding hydrogens is 304 g/mol. The third kappa shape index (κ3) is 4.58. The van der Waals surface area contributed by atoms with E-state index in [1.807, 2.05) is 0 Å². The number of unbranched alkanes of at least 4 members (excludes halogenated alkanes) is 1. The largest absolute Gasteiger partial charge is 0.477 e. The van der Waals surface area contributed by atoms with Crippen LogP contribution in [0.15, 0.2) is 11.0 Å². The Morgan fingerprint density at radius 3 is 2.55 bits per heavy atom. The van der Waals surface area contributed by atoms with Crippen LogP contribution >= 0.6 is 11.3 Å². The summed E-state index contributed by atoms with van der Waals surface area (Å²) in [6.07, 6.45) is 1.19. The van der Waals surface area contributed by atoms with E-state index < -0.39 is 21.9 Å². The summed E-state index contributed by atoms with van der Waals surface area (Å²) in [5.74, 6) is -1.58. The molecule has 0 aliphatic heterocycles. The van der Waals surface area contributed by atoms with Crippen LogP contribution in [0.2, 0.25) is 0 Å². The number of carbonyl (C=O) groups is 2. The first-order valence-corrected chi connectivity index (χ1v) is 8.15. The van der Waals surface area contributed by atoms with Gasteiger partial charge in [0.25, 0.3) is 0 Å². The van der Waals surface area contributed by atoms with Gasteiger partial charge in [-0.05, 0) is 25.8 Å². The van der Waals surface area contributed by atoms with Gasteiger partial charge in [-0.3, -0.25) is 4.79 Å². The molecule has 0 aliphatic rings. The quantitative estimate of drug-likeness (QED) is 0.607. The first-order chi connectivity index (χ1) is 9.24. The van der Waals surface area contributed by atoms with E-state index in [-0.39, 0.29) is 22.7 Å². The van der Waals surface area contributed by atoms with E-state index in [9.17, 15) is 18.0 Å². The number of carboxylic acids is 1. The van der Waals surface area contributed by atoms with Crippen LogP contribution in [0.25, 0.3) is 0 Å². The summed E-state index contributed by atoms with van der Waals surface area (Å²) < 4.78 is 26.4. The molecule has 0 spiro atoms. The minimum Gasteiger partial charge on any atom is -0.477 e. The van der Waals surface area contributed by atoms with Crippen LogP contribution in [0.4, 0.5) is 0 Å². The van der Waals surface area contributed by atoms with Crippen molar-refractivity contribution in [1.29, 1.82) is 0 Å². The van der Waals surface area contributed by atoms with E-state index in [1.54, 1.807) is 6.92 Å². The summed E-state index contributed by atoms with van der Waals surface area (Å²) in [6, 6.07) is 1.15. The number of nitrogens with one attached hydrogen (secondary N) is 1. The molecule has 0 saturated heterocycles. The van der Waals surface area contributed by atoms with Gasteiger partial charge in [-0.15, -0.1) is 11.3 Å². The number of carboxylic acid groups (broad SMARTS) is 1. The molecule has 0 radical (unpaired) electrons. The van der Waals surface area contributed by atoms with Gasteiger partial charge >= 0.3 is 5.97 Å². The number of primary amides is 1. The maximum absolute atomic E-state index is 12.0. The Kier molecular flexibility index (Phi) is 5.66. The summed E-state index contributed by atoms with van der Waals surface area (Å²) in [7, 11) is -3.72. The van der Waals surface area contributed by atoms with E-state index in [0.717, 1.165) is 17.4 Å². The molecule has 0 bridgehead atoms. The molecule has 0 atom stereocenters. The van der Waals surface area contributed by atoms with Crippen molar-refractivity contribution in [2.24, 2.45) is 5.73 Å². The molecule has 7 nitrogen and oxygen atoms in total. The first kappa shape index (κ1) is 16.6. The van der Waals surface area contributed by atoms with Crippen molar-refractivity contribution in [3.8, 4) is 0 Å². The molecule has 1 rings (SSSR count). The Hall–Kier alpha value is -1.45. The molecule has 9 heteroatoms. The fourth-order valence-corrected chi connectivity index (χ4v) is 4.05. The van der Waals surface area contributed by atoms with Crippen LogP contribution in [0.1, 0.15) is 33.8 Å². The molecule has 1 heterocycles. The smallest absolute Gasteiger partial charge is 0.345 e. The topological polar surface area (TPSA) is 127 Å². The number of thiophene rings is 1. The summed E-state index contributed by atoms with van der Waals surface area (Å²) in [5, 5.41) is 8.84. The van der Waals surface area contributed by atoms with E-state index in [2.05, 4.69) is 4.72 Å². The lowest BCUT2D eigenvalue weighted by Gasteiger charge is -2.05. The summed E-state index contributed by atoms with van der Waals surface area (Å²) in [5.41, 5.74) is 4.97. The van der Waals surface area contributed by atoms with Crippen molar-refractivity contribution in [1.82, 2.24) is 4.72 Å². The Balaban J connectivity index is 2.65. The summed E-state index contributed by atoms with van der Waals surface area (Å²) in [4.78, 5) is 21.7. The number of amides is 1. The Labute approximate surface area is 120 Å². The van der Waals surface area contributed by atoms with Crippen LogP contribution in [-0.4, -0.2) is 31.9 Å². The molecule has 0 fully saturated rings. The SMILES string of the molecule is Cc1sc(C(=O)O)cc1S(=O)(=O)NCCCCC(N)=O. The van der Waals surface area contributed by atoms with Crippen molar-refractivity contribution in [2.45, 2.75) is 31.1 Å². The van der Waals surface area contributed by atoms with E-state index in [1.165, 1.54) is 0 Å². The highest BCUT2D eigenvalue weighted by molar-refractivity contribution is 7.89. The van der Waals surface area contributed by atoms with Crippen LogP contribution in [-0.2, 0) is 14.8 Å². The molecule has 1 amide bonds. The maximum Gasteiger partial charge on any atom is 0.345 e. The number of hydrogen-bond donors (Lipinski definition) is 3. The monoisotopic (exact) mass is 320 g/mol. The lowest BCUT2D eigenvalue weighted by Crippen LogP contribution is -2.25. The van der Waals surface area contributed by atoms with Crippen molar-refractivity contribution in [2.75, 3.05) is 6.54 Å². The molecule has 20 heavy (non-hydrogen) atoms. The molecule has 0 aromatic carbocycles. The summed E-state index contributed by atoms with van der Waals surface area (Å²) in [6.45, 7) is 1.73. The van der Waals surface area contributed by atoms with Crippen LogP contribution in [0.3, 0.4) is 0 Å². The minimum absolute atomic E-state index is 0.0170. The van der Waals surface area contributed by atoms with E-state index in [0.29, 0.717) is 17.7 Å². The zero-order chi connectivity index (χ0) is 15.3. The van der Waals surface area contributed by atoms with E-state index >= 15 is 0 Å². The lowest BCUT2D eigenvalue weighted by atomic mass is 10.2. The van der Waals surface area contributed by atoms with Crippen LogP contribution in [0, 0.1) is 6.92 Å². The van der Waals surface area contributed by atoms with Gasteiger partial charge in [0.2, 0.25) is 15.9 Å². The first-order valence-electron chi connectivity index (χ1n) is 5.85. The average Bonchev–Trinajstić information content (AvgIpc) is 2.71. The Morgan fingerprint density at radius 1 is 1.40 bits per heavy atom. The standard InChI is InChI=1S/C11H16N2O5S2/c1-7-9(6-8(19-7)11(15)16)20(17,18)13-5-3-2-4-10(12)14/h6,13H,2-5H2,1H3,(H2,12,14)(H,15,16). The van der Waals surface area contributed by atoms with Crippen LogP contribution in [0.5, 0.6) is 0 Å². The van der Waals surface area contributed by atoms with Gasteiger partial charge in [-0.2, -0.15) is 0 Å². The second-order valence-corrected chi connectivity index (χ2v) is 7.15. The normalized spacial score (nSPS) is 11.4. The fourth-order valence-electron chi connectivity index (χ4n) is 1.55. The van der Waals surface area contributed by atoms with Gasteiger partial charge in [-0.1, -0.05) is 0 Å². The molecule has 4 N–H and O–H groups in total. The van der Waals surface area contributed by atoms with Crippen molar-refractivity contribution >= 4 is 33.2 Å². The zero-order valence-electron chi connectivity index (χ0n) is 10.9. The Morgan fingerprint density at radius 2 is 2.05 bits per heavy atom. The number of carbonyl (C=O) groups excluding carboxylic acids is 1. The maximum atomic E-state index is 12.0. The third-order valence-electron chi connectivity index (χ3n) is 2.51. The molecular formula is C11H16N2O5S2. The lowest BCUT2D eigenvalue weighted by molar-refractivity contribution is -0.118. The number of hydrogen-bond acceptors (Lipinski definition) is 5. The van der Waals surface area contributed by atoms with E-state index in [4.69, 9.17) is 10.8 Å². The highest BCUT2D eigenvalue weighted by Gasteiger charge is 2.21. The van der Waals surface area contributed by atoms with Crippen molar-refractivity contribution < 1.29 is 23.1 Å². The summed E-state index contributed by atoms with van der Waals surface area (Å²) >= 11 is 0.917. The predicted molar refractivity (Wildman–Crippen MR) is 74.2 cm³/mol. The van der Waals surface area contributed by atoms with Crippen molar-refractivity contribution in [3.05, 3.63) is 15.8 Å². The van der Waals surface area contributed by atoms with Gasteiger partial charge in [-0.25, -0.2) is 17.9 Å². The number of sulfonamides is 1. The van der Waals surface area contributed by atoms with Gasteiger partial charge in [0.1, 0.15) is 4.88 Å². The number of nitrogens with two attached hydrogens (primary N) is 1. The highest BCUT2D eigenvalue weighted by atomic mass is 32.2. The van der Waals surface area contributed by atoms with Gasteiger partial charge in [0.05, 0.1) is 4.90 Å². The Bertz CT molecular complexity index is 606. The molecule has 0 unspecified atom stereocenters. The van der Waals surface area contributed by atoms with Crippen LogP contribution < -0.4 is 10.5 Å². The molecule has 1 aromatic heterocycles. The van der Waals surface area contributed by atoms with Gasteiger partial charge in [0.15, 0.2) is 0 Å². The number of aromatic carboxylic acids is 1. The third-order valence-corrected chi connectivity index (χ3v) is 5.27. The molecule has 0 saturated carbocycles. The average molecular weight is 320 g/mol. The molecule has 1 aromatic rings. The minimum atomic E-state index is -3.72. The molecule has 112 valence electrons. The predicted octanol–water partition coefficient (Wildman–Crippen LogP) is 0.689. The van der Waals surface area contributed by atoms with Gasteiger partial charge < -0.3 is 10.8 Å². The number of aryl methyl sites for hydroxylation is 1. The number of rotatable bonds is 8. The highest BCUT2D eigenvalue weighted by Crippen LogP contribution is 2.25. The fraction of sp³-hybridized carbons (Fsp3) is 0.455. The van der Waals surface area contributed by atoms with Crippen molar-refractivity contribution in [3.63, 3.8) is 0 Å². The molecule has 0 aliphatic carbocycles. The zero-order valence-corrected chi connectivity index (χ0v) is 12.5. The van der Waals surface area contributed by atoms with Gasteiger partial charge in [0, 0.05) is 17.8 Å².